The molecule has 0 aliphatic carbocycles. The van der Waals surface area contributed by atoms with Gasteiger partial charge in [0.05, 0.1) is 0 Å². The van der Waals surface area contributed by atoms with E-state index < -0.39 is 6.10 Å². The summed E-state index contributed by atoms with van der Waals surface area (Å²) in [6.07, 6.45) is 77.4. The molecule has 0 aromatic heterocycles. The Hall–Kier alpha value is -1.59. The molecule has 0 aliphatic heterocycles. The lowest BCUT2D eigenvalue weighted by atomic mass is 10.0. The van der Waals surface area contributed by atoms with Crippen LogP contribution >= 0.6 is 0 Å². The summed E-state index contributed by atoms with van der Waals surface area (Å²) in [4.78, 5) is 38.2. The van der Waals surface area contributed by atoms with Crippen molar-refractivity contribution in [2.24, 2.45) is 0 Å². The number of esters is 3. The maximum absolute atomic E-state index is 12.9. The lowest BCUT2D eigenvalue weighted by molar-refractivity contribution is -0.167. The van der Waals surface area contributed by atoms with Crippen molar-refractivity contribution in [2.75, 3.05) is 13.2 Å². The highest BCUT2D eigenvalue weighted by atomic mass is 16.6. The fourth-order valence-electron chi connectivity index (χ4n) is 11.1. The van der Waals surface area contributed by atoms with Crippen molar-refractivity contribution in [3.63, 3.8) is 0 Å². The molecule has 0 bridgehead atoms. The molecule has 0 aliphatic rings. The number of hydrogen-bond donors (Lipinski definition) is 0. The summed E-state index contributed by atoms with van der Waals surface area (Å²) in [5.74, 6) is -0.830. The maximum atomic E-state index is 12.9. The Bertz CT molecular complexity index is 1140. The summed E-state index contributed by atoms with van der Waals surface area (Å²) < 4.78 is 16.9. The van der Waals surface area contributed by atoms with Crippen LogP contribution in [0, 0.1) is 0 Å². The van der Waals surface area contributed by atoms with Gasteiger partial charge in [0.1, 0.15) is 13.2 Å². The monoisotopic (exact) mass is 1070 g/mol. The first-order chi connectivity index (χ1) is 37.5. The summed E-state index contributed by atoms with van der Waals surface area (Å²) in [6.45, 7) is 6.71. The molecule has 6 nitrogen and oxygen atoms in total. The van der Waals surface area contributed by atoms with Crippen molar-refractivity contribution in [1.82, 2.24) is 0 Å². The molecule has 76 heavy (non-hydrogen) atoms. The molecule has 452 valence electrons. The highest BCUT2D eigenvalue weighted by Crippen LogP contribution is 2.19. The van der Waals surface area contributed by atoms with E-state index in [0.29, 0.717) is 19.3 Å². The summed E-state index contributed by atoms with van der Waals surface area (Å²) >= 11 is 0. The van der Waals surface area contributed by atoms with Gasteiger partial charge < -0.3 is 14.2 Å². The molecule has 1 unspecified atom stereocenters. The average molecular weight is 1070 g/mol. The van der Waals surface area contributed by atoms with Crippen molar-refractivity contribution in [1.29, 1.82) is 0 Å². The highest BCUT2D eigenvalue weighted by Gasteiger charge is 2.19. The van der Waals surface area contributed by atoms with Crippen LogP contribution in [0.25, 0.3) is 0 Å². The van der Waals surface area contributed by atoms with Crippen LogP contribution in [-0.2, 0) is 28.6 Å². The molecule has 0 saturated heterocycles. The Morgan fingerprint density at radius 1 is 0.211 bits per heavy atom. The third kappa shape index (κ3) is 63.2. The molecular weight excluding hydrogens is 937 g/mol. The third-order valence-electron chi connectivity index (χ3n) is 16.4. The van der Waals surface area contributed by atoms with Crippen LogP contribution in [0.1, 0.15) is 412 Å². The van der Waals surface area contributed by atoms with Gasteiger partial charge in [-0.25, -0.2) is 0 Å². The van der Waals surface area contributed by atoms with Gasteiger partial charge in [-0.2, -0.15) is 0 Å². The molecular formula is C70H136O6. The molecule has 0 saturated carbocycles. The van der Waals surface area contributed by atoms with Gasteiger partial charge in [0.2, 0.25) is 0 Å². The predicted octanol–water partition coefficient (Wildman–Crippen LogP) is 23.8. The normalized spacial score (nSPS) is 11.9. The van der Waals surface area contributed by atoms with Gasteiger partial charge in [-0.05, 0) is 19.3 Å². The van der Waals surface area contributed by atoms with E-state index in [0.717, 1.165) is 57.8 Å². The van der Waals surface area contributed by atoms with Crippen LogP contribution in [-0.4, -0.2) is 37.2 Å². The van der Waals surface area contributed by atoms with Gasteiger partial charge in [-0.15, -0.1) is 0 Å². The van der Waals surface area contributed by atoms with E-state index in [1.165, 1.54) is 315 Å². The average Bonchev–Trinajstić information content (AvgIpc) is 3.42. The fraction of sp³-hybridized carbons (Fsp3) is 0.957. The Morgan fingerprint density at radius 3 is 0.526 bits per heavy atom. The molecule has 0 rings (SSSR count). The quantitative estimate of drug-likeness (QED) is 0.0343. The van der Waals surface area contributed by atoms with Crippen molar-refractivity contribution >= 4 is 17.9 Å². The lowest BCUT2D eigenvalue weighted by Gasteiger charge is -2.18. The summed E-state index contributed by atoms with van der Waals surface area (Å²) in [6, 6.07) is 0. The summed E-state index contributed by atoms with van der Waals surface area (Å²) in [5, 5.41) is 0. The zero-order valence-corrected chi connectivity index (χ0v) is 52.1. The first-order valence-electron chi connectivity index (χ1n) is 35.0. The minimum absolute atomic E-state index is 0.0610. The SMILES string of the molecule is CCCCCCCCCCCCCCCCCCCCCCCCCCCCCCCCCCCC(=O)OCC(COC(=O)CCCCCCCCCCC)OC(=O)CCCCCCCCCCCCCCCCCC. The molecule has 1 atom stereocenters. The molecule has 0 amide bonds. The Kier molecular flexibility index (Phi) is 64.5. The zero-order chi connectivity index (χ0) is 55.0. The van der Waals surface area contributed by atoms with E-state index in [4.69, 9.17) is 14.2 Å². The molecule has 0 spiro atoms. The zero-order valence-electron chi connectivity index (χ0n) is 52.1. The third-order valence-corrected chi connectivity index (χ3v) is 16.4. The second-order valence-corrected chi connectivity index (χ2v) is 24.2. The van der Waals surface area contributed by atoms with E-state index in [9.17, 15) is 14.4 Å². The topological polar surface area (TPSA) is 78.9 Å². The van der Waals surface area contributed by atoms with Crippen LogP contribution in [0.15, 0.2) is 0 Å². The molecule has 0 radical (unpaired) electrons. The lowest BCUT2D eigenvalue weighted by Crippen LogP contribution is -2.30. The van der Waals surface area contributed by atoms with E-state index in [2.05, 4.69) is 20.8 Å². The molecule has 0 aromatic carbocycles. The standard InChI is InChI=1S/C70H136O6/c1-4-7-10-13-16-19-21-23-25-27-28-29-30-31-32-33-34-35-36-37-38-39-40-41-42-43-45-46-48-51-54-57-60-63-69(72)75-66-67(65-74-68(71)62-59-56-53-50-18-15-12-9-6-3)76-70(73)64-61-58-55-52-49-47-44-26-24-22-20-17-14-11-8-5-2/h67H,4-66H2,1-3H3. The first kappa shape index (κ1) is 74.4. The van der Waals surface area contributed by atoms with E-state index >= 15 is 0 Å². The van der Waals surface area contributed by atoms with Crippen LogP contribution in [0.2, 0.25) is 0 Å². The Morgan fingerprint density at radius 2 is 0.355 bits per heavy atom. The van der Waals surface area contributed by atoms with Crippen LogP contribution < -0.4 is 0 Å². The largest absolute Gasteiger partial charge is 0.462 e. The smallest absolute Gasteiger partial charge is 0.306 e. The minimum atomic E-state index is -0.761. The van der Waals surface area contributed by atoms with Crippen molar-refractivity contribution in [3.8, 4) is 0 Å². The van der Waals surface area contributed by atoms with Gasteiger partial charge in [-0.1, -0.05) is 374 Å². The number of ether oxygens (including phenoxy) is 3. The van der Waals surface area contributed by atoms with Crippen molar-refractivity contribution in [2.45, 2.75) is 419 Å². The van der Waals surface area contributed by atoms with Gasteiger partial charge in [0, 0.05) is 19.3 Å². The summed E-state index contributed by atoms with van der Waals surface area (Å²) in [7, 11) is 0. The number of unbranched alkanes of at least 4 members (excludes halogenated alkanes) is 55. The number of hydrogen-bond acceptors (Lipinski definition) is 6. The fourth-order valence-corrected chi connectivity index (χ4v) is 11.1. The molecule has 6 heteroatoms. The molecule has 0 N–H and O–H groups in total. The van der Waals surface area contributed by atoms with Crippen molar-refractivity contribution < 1.29 is 28.6 Å². The Labute approximate surface area is 476 Å². The van der Waals surface area contributed by atoms with Gasteiger partial charge >= 0.3 is 17.9 Å². The molecule has 0 fully saturated rings. The molecule has 0 heterocycles. The summed E-state index contributed by atoms with van der Waals surface area (Å²) in [5.41, 5.74) is 0. The molecule has 0 aromatic rings. The van der Waals surface area contributed by atoms with E-state index in [1.54, 1.807) is 0 Å². The number of rotatable bonds is 66. The van der Waals surface area contributed by atoms with E-state index in [-0.39, 0.29) is 31.1 Å². The number of carbonyl (C=O) groups is 3. The second kappa shape index (κ2) is 65.9. The number of carbonyl (C=O) groups excluding carboxylic acids is 3. The van der Waals surface area contributed by atoms with E-state index in [1.807, 2.05) is 0 Å². The van der Waals surface area contributed by atoms with Crippen LogP contribution in [0.5, 0.6) is 0 Å². The Balaban J connectivity index is 3.96. The van der Waals surface area contributed by atoms with Crippen LogP contribution in [0.4, 0.5) is 0 Å². The van der Waals surface area contributed by atoms with Gasteiger partial charge in [0.15, 0.2) is 6.10 Å². The van der Waals surface area contributed by atoms with Gasteiger partial charge in [0.25, 0.3) is 0 Å². The second-order valence-electron chi connectivity index (χ2n) is 24.2. The highest BCUT2D eigenvalue weighted by molar-refractivity contribution is 5.71. The van der Waals surface area contributed by atoms with Gasteiger partial charge in [-0.3, -0.25) is 14.4 Å². The maximum Gasteiger partial charge on any atom is 0.306 e. The van der Waals surface area contributed by atoms with Crippen molar-refractivity contribution in [3.05, 3.63) is 0 Å². The predicted molar refractivity (Wildman–Crippen MR) is 330 cm³/mol. The minimum Gasteiger partial charge on any atom is -0.462 e. The van der Waals surface area contributed by atoms with Crippen LogP contribution in [0.3, 0.4) is 0 Å². The first-order valence-corrected chi connectivity index (χ1v) is 35.0.